The number of amides is 1. The van der Waals surface area contributed by atoms with Crippen LogP contribution >= 0.6 is 0 Å². The van der Waals surface area contributed by atoms with Crippen LogP contribution in [0.25, 0.3) is 0 Å². The first-order chi connectivity index (χ1) is 9.08. The summed E-state index contributed by atoms with van der Waals surface area (Å²) in [4.78, 5) is 15.3. The summed E-state index contributed by atoms with van der Waals surface area (Å²) in [6.45, 7) is 2.67. The van der Waals surface area contributed by atoms with Crippen LogP contribution in [-0.2, 0) is 6.54 Å². The fourth-order valence-corrected chi connectivity index (χ4v) is 1.77. The Morgan fingerprint density at radius 3 is 2.79 bits per heavy atom. The molecule has 19 heavy (non-hydrogen) atoms. The highest BCUT2D eigenvalue weighted by molar-refractivity contribution is 5.98. The molecule has 98 valence electrons. The Hall–Kier alpha value is -2.56. The maximum absolute atomic E-state index is 11.2. The van der Waals surface area contributed by atoms with Crippen molar-refractivity contribution in [2.75, 3.05) is 11.1 Å². The Bertz CT molecular complexity index is 610. The van der Waals surface area contributed by atoms with E-state index in [-0.39, 0.29) is 11.3 Å². The molecule has 5 heteroatoms. The van der Waals surface area contributed by atoms with E-state index in [1.54, 1.807) is 6.07 Å². The van der Waals surface area contributed by atoms with Gasteiger partial charge in [0.2, 0.25) is 0 Å². The van der Waals surface area contributed by atoms with Crippen molar-refractivity contribution in [1.29, 1.82) is 0 Å². The van der Waals surface area contributed by atoms with Gasteiger partial charge in [-0.1, -0.05) is 24.3 Å². The molecule has 0 aliphatic rings. The number of rotatable bonds is 4. The lowest BCUT2D eigenvalue weighted by atomic mass is 10.1. The second-order valence-corrected chi connectivity index (χ2v) is 4.30. The molecule has 0 saturated carbocycles. The number of anilines is 2. The van der Waals surface area contributed by atoms with Crippen LogP contribution in [0.15, 0.2) is 36.5 Å². The molecule has 0 fully saturated rings. The van der Waals surface area contributed by atoms with E-state index in [4.69, 9.17) is 11.5 Å². The number of carbonyl (C=O) groups is 1. The van der Waals surface area contributed by atoms with Crippen molar-refractivity contribution in [2.45, 2.75) is 13.5 Å². The van der Waals surface area contributed by atoms with Gasteiger partial charge in [-0.05, 0) is 24.1 Å². The van der Waals surface area contributed by atoms with E-state index < -0.39 is 5.91 Å². The summed E-state index contributed by atoms with van der Waals surface area (Å²) in [6.07, 6.45) is 1.43. The standard InChI is InChI=1S/C14H16N4O/c1-9-4-2-3-5-10(9)7-17-13-6-11(14(16)19)12(15)8-18-13/h2-6,8H,7,15H2,1H3,(H2,16,19)(H,17,18). The van der Waals surface area contributed by atoms with Crippen molar-refractivity contribution in [2.24, 2.45) is 5.73 Å². The van der Waals surface area contributed by atoms with Gasteiger partial charge < -0.3 is 16.8 Å². The van der Waals surface area contributed by atoms with Crippen molar-refractivity contribution in [1.82, 2.24) is 4.98 Å². The second kappa shape index (κ2) is 5.39. The minimum absolute atomic E-state index is 0.280. The van der Waals surface area contributed by atoms with Crippen molar-refractivity contribution in [3.05, 3.63) is 53.2 Å². The van der Waals surface area contributed by atoms with E-state index in [1.807, 2.05) is 31.2 Å². The first-order valence-corrected chi connectivity index (χ1v) is 5.91. The number of pyridine rings is 1. The Morgan fingerprint density at radius 1 is 1.37 bits per heavy atom. The predicted molar refractivity (Wildman–Crippen MR) is 75.7 cm³/mol. The molecule has 2 rings (SSSR count). The van der Waals surface area contributed by atoms with Crippen molar-refractivity contribution in [3.63, 3.8) is 0 Å². The lowest BCUT2D eigenvalue weighted by molar-refractivity contribution is 0.100. The number of nitrogens with one attached hydrogen (secondary N) is 1. The van der Waals surface area contributed by atoms with Crippen LogP contribution in [0, 0.1) is 6.92 Å². The summed E-state index contributed by atoms with van der Waals surface area (Å²) in [7, 11) is 0. The Balaban J connectivity index is 2.14. The van der Waals surface area contributed by atoms with Crippen LogP contribution in [0.1, 0.15) is 21.5 Å². The lowest BCUT2D eigenvalue weighted by Crippen LogP contribution is -2.14. The Labute approximate surface area is 111 Å². The number of aryl methyl sites for hydroxylation is 1. The summed E-state index contributed by atoms with van der Waals surface area (Å²) in [5, 5.41) is 3.15. The number of nitrogen functional groups attached to an aromatic ring is 1. The minimum atomic E-state index is -0.557. The number of hydrogen-bond donors (Lipinski definition) is 3. The SMILES string of the molecule is Cc1ccccc1CNc1cc(C(N)=O)c(N)cn1. The van der Waals surface area contributed by atoms with E-state index >= 15 is 0 Å². The van der Waals surface area contributed by atoms with Crippen LogP contribution in [-0.4, -0.2) is 10.9 Å². The number of nitrogens with two attached hydrogens (primary N) is 2. The normalized spacial score (nSPS) is 10.2. The summed E-state index contributed by atoms with van der Waals surface area (Å²) in [5.41, 5.74) is 13.8. The van der Waals surface area contributed by atoms with Gasteiger partial charge in [-0.3, -0.25) is 4.79 Å². The maximum Gasteiger partial charge on any atom is 0.250 e. The topological polar surface area (TPSA) is 94.0 Å². The highest BCUT2D eigenvalue weighted by Crippen LogP contribution is 2.15. The van der Waals surface area contributed by atoms with Gasteiger partial charge >= 0.3 is 0 Å². The summed E-state index contributed by atoms with van der Waals surface area (Å²) < 4.78 is 0. The number of aromatic nitrogens is 1. The van der Waals surface area contributed by atoms with Gasteiger partial charge in [0.15, 0.2) is 0 Å². The van der Waals surface area contributed by atoms with E-state index in [2.05, 4.69) is 10.3 Å². The molecule has 0 atom stereocenters. The third-order valence-corrected chi connectivity index (χ3v) is 2.92. The molecule has 1 aromatic carbocycles. The molecule has 1 amide bonds. The smallest absolute Gasteiger partial charge is 0.250 e. The fourth-order valence-electron chi connectivity index (χ4n) is 1.77. The number of primary amides is 1. The average Bonchev–Trinajstić information content (AvgIpc) is 2.39. The van der Waals surface area contributed by atoms with Gasteiger partial charge in [0.1, 0.15) is 5.82 Å². The zero-order valence-corrected chi connectivity index (χ0v) is 10.7. The molecular formula is C14H16N4O. The van der Waals surface area contributed by atoms with Gasteiger partial charge in [0, 0.05) is 6.54 Å². The molecule has 0 bridgehead atoms. The average molecular weight is 256 g/mol. The minimum Gasteiger partial charge on any atom is -0.397 e. The van der Waals surface area contributed by atoms with E-state index in [1.165, 1.54) is 17.3 Å². The van der Waals surface area contributed by atoms with Crippen molar-refractivity contribution < 1.29 is 4.79 Å². The quantitative estimate of drug-likeness (QED) is 0.775. The van der Waals surface area contributed by atoms with Crippen molar-refractivity contribution in [3.8, 4) is 0 Å². The summed E-state index contributed by atoms with van der Waals surface area (Å²) in [6, 6.07) is 9.62. The lowest BCUT2D eigenvalue weighted by Gasteiger charge is -2.09. The first-order valence-electron chi connectivity index (χ1n) is 5.91. The Kier molecular flexibility index (Phi) is 3.66. The van der Waals surface area contributed by atoms with Gasteiger partial charge in [-0.2, -0.15) is 0 Å². The zero-order valence-electron chi connectivity index (χ0n) is 10.7. The molecule has 1 heterocycles. The molecule has 0 radical (unpaired) electrons. The Morgan fingerprint density at radius 2 is 2.11 bits per heavy atom. The van der Waals surface area contributed by atoms with Crippen LogP contribution in [0.5, 0.6) is 0 Å². The molecule has 0 aliphatic heterocycles. The van der Waals surface area contributed by atoms with Crippen molar-refractivity contribution >= 4 is 17.4 Å². The molecule has 0 spiro atoms. The number of nitrogens with zero attached hydrogens (tertiary/aromatic N) is 1. The van der Waals surface area contributed by atoms with Crippen LogP contribution in [0.2, 0.25) is 0 Å². The summed E-state index contributed by atoms with van der Waals surface area (Å²) in [5.74, 6) is 0.0186. The second-order valence-electron chi connectivity index (χ2n) is 4.30. The zero-order chi connectivity index (χ0) is 13.8. The van der Waals surface area contributed by atoms with Gasteiger partial charge in [-0.25, -0.2) is 4.98 Å². The molecule has 5 N–H and O–H groups in total. The van der Waals surface area contributed by atoms with Crippen LogP contribution in [0.3, 0.4) is 0 Å². The van der Waals surface area contributed by atoms with Crippen LogP contribution < -0.4 is 16.8 Å². The first kappa shape index (κ1) is 12.9. The van der Waals surface area contributed by atoms with Gasteiger partial charge in [-0.15, -0.1) is 0 Å². The molecule has 1 aromatic heterocycles. The highest BCUT2D eigenvalue weighted by Gasteiger charge is 2.07. The fraction of sp³-hybridized carbons (Fsp3) is 0.143. The summed E-state index contributed by atoms with van der Waals surface area (Å²) >= 11 is 0. The van der Waals surface area contributed by atoms with E-state index in [0.717, 1.165) is 0 Å². The monoisotopic (exact) mass is 256 g/mol. The third-order valence-electron chi connectivity index (χ3n) is 2.92. The number of benzene rings is 1. The van der Waals surface area contributed by atoms with Gasteiger partial charge in [0.25, 0.3) is 5.91 Å². The number of carbonyl (C=O) groups excluding carboxylic acids is 1. The molecule has 0 unspecified atom stereocenters. The number of hydrogen-bond acceptors (Lipinski definition) is 4. The van der Waals surface area contributed by atoms with Crippen LogP contribution in [0.4, 0.5) is 11.5 Å². The third kappa shape index (κ3) is 3.01. The molecule has 2 aromatic rings. The molecule has 0 saturated heterocycles. The molecule has 5 nitrogen and oxygen atoms in total. The van der Waals surface area contributed by atoms with Gasteiger partial charge in [0.05, 0.1) is 17.4 Å². The molecular weight excluding hydrogens is 240 g/mol. The van der Waals surface area contributed by atoms with E-state index in [0.29, 0.717) is 12.4 Å². The maximum atomic E-state index is 11.2. The largest absolute Gasteiger partial charge is 0.397 e. The predicted octanol–water partition coefficient (Wildman–Crippen LogP) is 1.68. The highest BCUT2D eigenvalue weighted by atomic mass is 16.1. The van der Waals surface area contributed by atoms with E-state index in [9.17, 15) is 4.79 Å². The molecule has 0 aliphatic carbocycles.